The molecule has 0 radical (unpaired) electrons. The van der Waals surface area contributed by atoms with E-state index >= 15 is 0 Å². The summed E-state index contributed by atoms with van der Waals surface area (Å²) >= 11 is 0. The summed E-state index contributed by atoms with van der Waals surface area (Å²) in [5.74, 6) is 0.491. The van der Waals surface area contributed by atoms with Crippen molar-refractivity contribution in [3.63, 3.8) is 0 Å². The van der Waals surface area contributed by atoms with Crippen LogP contribution in [0.2, 0.25) is 0 Å². The molecule has 0 saturated heterocycles. The van der Waals surface area contributed by atoms with Crippen molar-refractivity contribution < 1.29 is 14.6 Å². The molecular weight excluding hydrogens is 168 g/mol. The molecule has 0 aromatic carbocycles. The molecule has 3 nitrogen and oxygen atoms in total. The molecule has 0 aliphatic heterocycles. The molecule has 13 heavy (non-hydrogen) atoms. The molecule has 0 aliphatic carbocycles. The quantitative estimate of drug-likeness (QED) is 0.617. The largest absolute Gasteiger partial charge is 0.394 e. The van der Waals surface area contributed by atoms with Gasteiger partial charge in [-0.25, -0.2) is 0 Å². The minimum atomic E-state index is -0.0947. The van der Waals surface area contributed by atoms with E-state index in [-0.39, 0.29) is 12.2 Å². The van der Waals surface area contributed by atoms with E-state index in [1.165, 1.54) is 0 Å². The molecule has 0 heterocycles. The maximum Gasteiger partial charge on any atom is 0.0707 e. The first kappa shape index (κ1) is 12.9. The fourth-order valence-electron chi connectivity index (χ4n) is 0.697. The SMILES string of the molecule is CC(C)C(C)(C)OCCOCCO. The molecule has 0 aromatic rings. The van der Waals surface area contributed by atoms with Crippen molar-refractivity contribution in [2.45, 2.75) is 33.3 Å². The van der Waals surface area contributed by atoms with Gasteiger partial charge < -0.3 is 14.6 Å². The average molecular weight is 190 g/mol. The summed E-state index contributed by atoms with van der Waals surface area (Å²) in [5.41, 5.74) is -0.0947. The summed E-state index contributed by atoms with van der Waals surface area (Å²) in [6.07, 6.45) is 0. The second kappa shape index (κ2) is 6.35. The molecule has 0 aromatic heterocycles. The van der Waals surface area contributed by atoms with Crippen LogP contribution in [0.4, 0.5) is 0 Å². The fraction of sp³-hybridized carbons (Fsp3) is 1.00. The standard InChI is InChI=1S/C10H22O3/c1-9(2)10(3,4)13-8-7-12-6-5-11/h9,11H,5-8H2,1-4H3. The van der Waals surface area contributed by atoms with Gasteiger partial charge in [0.05, 0.1) is 32.0 Å². The van der Waals surface area contributed by atoms with Crippen molar-refractivity contribution in [2.75, 3.05) is 26.4 Å². The maximum absolute atomic E-state index is 8.45. The van der Waals surface area contributed by atoms with Crippen molar-refractivity contribution in [3.8, 4) is 0 Å². The van der Waals surface area contributed by atoms with E-state index in [2.05, 4.69) is 27.7 Å². The monoisotopic (exact) mass is 190 g/mol. The summed E-state index contributed by atoms with van der Waals surface area (Å²) in [5, 5.41) is 8.45. The van der Waals surface area contributed by atoms with Crippen molar-refractivity contribution in [2.24, 2.45) is 5.92 Å². The maximum atomic E-state index is 8.45. The third-order valence-corrected chi connectivity index (χ3v) is 2.33. The highest BCUT2D eigenvalue weighted by Gasteiger charge is 2.22. The minimum Gasteiger partial charge on any atom is -0.394 e. The predicted molar refractivity (Wildman–Crippen MR) is 52.8 cm³/mol. The van der Waals surface area contributed by atoms with Crippen LogP contribution in [0.3, 0.4) is 0 Å². The molecule has 0 fully saturated rings. The first-order valence-electron chi connectivity index (χ1n) is 4.83. The smallest absolute Gasteiger partial charge is 0.0707 e. The van der Waals surface area contributed by atoms with Crippen molar-refractivity contribution >= 4 is 0 Å². The van der Waals surface area contributed by atoms with Gasteiger partial charge in [0, 0.05) is 0 Å². The summed E-state index contributed by atoms with van der Waals surface area (Å²) in [6.45, 7) is 10.0. The van der Waals surface area contributed by atoms with Crippen molar-refractivity contribution in [3.05, 3.63) is 0 Å². The highest BCUT2D eigenvalue weighted by Crippen LogP contribution is 2.19. The highest BCUT2D eigenvalue weighted by atomic mass is 16.5. The molecule has 0 rings (SSSR count). The molecule has 0 unspecified atom stereocenters. The first-order chi connectivity index (χ1) is 6.00. The zero-order valence-corrected chi connectivity index (χ0v) is 9.17. The van der Waals surface area contributed by atoms with Crippen LogP contribution in [0, 0.1) is 5.92 Å². The molecule has 1 N–H and O–H groups in total. The van der Waals surface area contributed by atoms with Crippen LogP contribution in [0.15, 0.2) is 0 Å². The average Bonchev–Trinajstić information content (AvgIpc) is 2.03. The van der Waals surface area contributed by atoms with Crippen molar-refractivity contribution in [1.82, 2.24) is 0 Å². The van der Waals surface area contributed by atoms with Crippen molar-refractivity contribution in [1.29, 1.82) is 0 Å². The number of hydrogen-bond acceptors (Lipinski definition) is 3. The van der Waals surface area contributed by atoms with Gasteiger partial charge in [-0.05, 0) is 19.8 Å². The Morgan fingerprint density at radius 3 is 2.23 bits per heavy atom. The number of aliphatic hydroxyl groups excluding tert-OH is 1. The molecule has 0 atom stereocenters. The number of aliphatic hydroxyl groups is 1. The number of ether oxygens (including phenoxy) is 2. The Labute approximate surface area is 81.0 Å². The van der Waals surface area contributed by atoms with E-state index in [0.717, 1.165) is 0 Å². The molecule has 0 amide bonds. The zero-order chi connectivity index (χ0) is 10.3. The lowest BCUT2D eigenvalue weighted by Crippen LogP contribution is -2.32. The second-order valence-corrected chi connectivity index (χ2v) is 3.94. The Morgan fingerprint density at radius 2 is 1.77 bits per heavy atom. The Bertz CT molecular complexity index is 121. The number of rotatable bonds is 7. The lowest BCUT2D eigenvalue weighted by molar-refractivity contribution is -0.0732. The van der Waals surface area contributed by atoms with Crippen LogP contribution >= 0.6 is 0 Å². The van der Waals surface area contributed by atoms with Gasteiger partial charge >= 0.3 is 0 Å². The Kier molecular flexibility index (Phi) is 6.29. The highest BCUT2D eigenvalue weighted by molar-refractivity contribution is 4.72. The molecule has 3 heteroatoms. The van der Waals surface area contributed by atoms with Gasteiger partial charge in [-0.3, -0.25) is 0 Å². The van der Waals surface area contributed by atoms with Gasteiger partial charge in [-0.2, -0.15) is 0 Å². The topological polar surface area (TPSA) is 38.7 Å². The van der Waals surface area contributed by atoms with Gasteiger partial charge in [0.15, 0.2) is 0 Å². The van der Waals surface area contributed by atoms with Gasteiger partial charge in [-0.1, -0.05) is 13.8 Å². The zero-order valence-electron chi connectivity index (χ0n) is 9.17. The van der Waals surface area contributed by atoms with E-state index in [4.69, 9.17) is 14.6 Å². The van der Waals surface area contributed by atoms with Gasteiger partial charge in [0.1, 0.15) is 0 Å². The van der Waals surface area contributed by atoms with Crippen LogP contribution in [-0.2, 0) is 9.47 Å². The minimum absolute atomic E-state index is 0.0770. The fourth-order valence-corrected chi connectivity index (χ4v) is 0.697. The van der Waals surface area contributed by atoms with E-state index in [1.54, 1.807) is 0 Å². The van der Waals surface area contributed by atoms with Crippen LogP contribution in [-0.4, -0.2) is 37.1 Å². The van der Waals surface area contributed by atoms with Gasteiger partial charge in [0.25, 0.3) is 0 Å². The van der Waals surface area contributed by atoms with Crippen LogP contribution in [0.5, 0.6) is 0 Å². The summed E-state index contributed by atoms with van der Waals surface area (Å²) in [6, 6.07) is 0. The molecule has 0 spiro atoms. The normalized spacial score (nSPS) is 12.5. The van der Waals surface area contributed by atoms with Crippen LogP contribution < -0.4 is 0 Å². The number of hydrogen-bond donors (Lipinski definition) is 1. The molecule has 0 saturated carbocycles. The molecular formula is C10H22O3. The lowest BCUT2D eigenvalue weighted by atomic mass is 9.95. The van der Waals surface area contributed by atoms with Gasteiger partial charge in [0.2, 0.25) is 0 Å². The van der Waals surface area contributed by atoms with E-state index in [9.17, 15) is 0 Å². The van der Waals surface area contributed by atoms with Crippen LogP contribution in [0.25, 0.3) is 0 Å². The summed E-state index contributed by atoms with van der Waals surface area (Å²) in [4.78, 5) is 0. The molecule has 0 aliphatic rings. The molecule has 0 bridgehead atoms. The summed E-state index contributed by atoms with van der Waals surface area (Å²) < 4.78 is 10.7. The summed E-state index contributed by atoms with van der Waals surface area (Å²) in [7, 11) is 0. The Morgan fingerprint density at radius 1 is 1.15 bits per heavy atom. The third kappa shape index (κ3) is 6.02. The van der Waals surface area contributed by atoms with Gasteiger partial charge in [-0.15, -0.1) is 0 Å². The van der Waals surface area contributed by atoms with E-state index in [0.29, 0.717) is 25.7 Å². The first-order valence-corrected chi connectivity index (χ1v) is 4.83. The Balaban J connectivity index is 3.41. The van der Waals surface area contributed by atoms with Crippen LogP contribution in [0.1, 0.15) is 27.7 Å². The second-order valence-electron chi connectivity index (χ2n) is 3.94. The third-order valence-electron chi connectivity index (χ3n) is 2.33. The Hall–Kier alpha value is -0.120. The van der Waals surface area contributed by atoms with E-state index < -0.39 is 0 Å². The van der Waals surface area contributed by atoms with E-state index in [1.807, 2.05) is 0 Å². The predicted octanol–water partition coefficient (Wildman–Crippen LogP) is 1.45. The molecule has 80 valence electrons. The lowest BCUT2D eigenvalue weighted by Gasteiger charge is -2.29.